The van der Waals surface area contributed by atoms with Crippen molar-refractivity contribution in [3.8, 4) is 22.8 Å². The second-order valence-corrected chi connectivity index (χ2v) is 10.5. The Bertz CT molecular complexity index is 1330. The molecule has 200 valence electrons. The van der Waals surface area contributed by atoms with Crippen molar-refractivity contribution < 1.29 is 22.7 Å². The van der Waals surface area contributed by atoms with Crippen molar-refractivity contribution in [1.29, 1.82) is 0 Å². The van der Waals surface area contributed by atoms with Gasteiger partial charge in [0.05, 0.1) is 23.5 Å². The first kappa shape index (κ1) is 24.9. The number of benzene rings is 1. The quantitative estimate of drug-likeness (QED) is 0.459. The average molecular weight is 526 g/mol. The van der Waals surface area contributed by atoms with Crippen LogP contribution in [0.3, 0.4) is 0 Å². The highest BCUT2D eigenvalue weighted by Crippen LogP contribution is 2.46. The fraction of sp³-hybridized carbons (Fsp3) is 0.464. The van der Waals surface area contributed by atoms with E-state index in [2.05, 4.69) is 22.3 Å². The van der Waals surface area contributed by atoms with Gasteiger partial charge in [-0.1, -0.05) is 0 Å². The SMILES string of the molecule is C[C@H]1CCc2c(ccc(-c3cnn(C4CCNCC4)c3)c2Oc2ccc(C(F)(F)F)cn2)N1C(=O)C1CC1. The smallest absolute Gasteiger partial charge is 0.417 e. The Labute approximate surface area is 219 Å². The zero-order valence-electron chi connectivity index (χ0n) is 21.2. The molecular formula is C28H30F3N5O2. The third-order valence-corrected chi connectivity index (χ3v) is 7.78. The highest BCUT2D eigenvalue weighted by atomic mass is 19.4. The number of halogens is 3. The van der Waals surface area contributed by atoms with E-state index in [1.54, 1.807) is 6.20 Å². The minimum absolute atomic E-state index is 0.0566. The number of nitrogens with zero attached hydrogens (tertiary/aromatic N) is 4. The first-order chi connectivity index (χ1) is 18.3. The van der Waals surface area contributed by atoms with Gasteiger partial charge in [0.25, 0.3) is 0 Å². The number of ether oxygens (including phenoxy) is 1. The van der Waals surface area contributed by atoms with Crippen LogP contribution in [0.1, 0.15) is 56.2 Å². The fourth-order valence-electron chi connectivity index (χ4n) is 5.47. The highest BCUT2D eigenvalue weighted by Gasteiger charge is 2.39. The van der Waals surface area contributed by atoms with Crippen LogP contribution in [-0.4, -0.2) is 39.8 Å². The van der Waals surface area contributed by atoms with Gasteiger partial charge in [0.15, 0.2) is 0 Å². The summed E-state index contributed by atoms with van der Waals surface area (Å²) in [7, 11) is 0. The third-order valence-electron chi connectivity index (χ3n) is 7.78. The number of rotatable bonds is 5. The predicted octanol–water partition coefficient (Wildman–Crippen LogP) is 5.76. The summed E-state index contributed by atoms with van der Waals surface area (Å²) in [4.78, 5) is 19.1. The molecule has 4 heterocycles. The van der Waals surface area contributed by atoms with Crippen LogP contribution in [0.2, 0.25) is 0 Å². The van der Waals surface area contributed by atoms with Gasteiger partial charge in [-0.2, -0.15) is 18.3 Å². The molecule has 0 unspecified atom stereocenters. The van der Waals surface area contributed by atoms with Gasteiger partial charge in [0.2, 0.25) is 11.8 Å². The van der Waals surface area contributed by atoms with Crippen molar-refractivity contribution in [2.45, 2.75) is 63.7 Å². The van der Waals surface area contributed by atoms with Crippen molar-refractivity contribution in [3.63, 3.8) is 0 Å². The standard InChI is InChI=1S/C28H30F3N5O2/c1-17-2-6-23-24(36(17)27(37)18-3-4-18)8-7-22(19-14-34-35(16-19)21-10-12-32-13-11-21)26(23)38-25-9-5-20(15-33-25)28(29,30)31/h5,7-9,14-18,21,32H,2-4,6,10-13H2,1H3/t17-/m0/s1. The maximum Gasteiger partial charge on any atom is 0.417 e. The molecule has 1 N–H and O–H groups in total. The Balaban J connectivity index is 1.41. The molecule has 38 heavy (non-hydrogen) atoms. The summed E-state index contributed by atoms with van der Waals surface area (Å²) < 4.78 is 47.6. The normalized spacial score (nSPS) is 20.3. The molecule has 2 aliphatic heterocycles. The van der Waals surface area contributed by atoms with Crippen LogP contribution >= 0.6 is 0 Å². The van der Waals surface area contributed by atoms with Crippen LogP contribution in [0, 0.1) is 5.92 Å². The van der Waals surface area contributed by atoms with Gasteiger partial charge >= 0.3 is 6.18 Å². The molecule has 2 fully saturated rings. The lowest BCUT2D eigenvalue weighted by Crippen LogP contribution is -2.43. The lowest BCUT2D eigenvalue weighted by Gasteiger charge is -2.36. The lowest BCUT2D eigenvalue weighted by atomic mass is 9.92. The number of carbonyl (C=O) groups is 1. The zero-order chi connectivity index (χ0) is 26.4. The van der Waals surface area contributed by atoms with Crippen molar-refractivity contribution in [2.24, 2.45) is 5.92 Å². The molecule has 6 rings (SSSR count). The van der Waals surface area contributed by atoms with E-state index < -0.39 is 11.7 Å². The van der Waals surface area contributed by atoms with Gasteiger partial charge in [-0.05, 0) is 76.7 Å². The molecule has 3 aliphatic rings. The monoisotopic (exact) mass is 525 g/mol. The summed E-state index contributed by atoms with van der Waals surface area (Å²) in [5, 5.41) is 8.00. The zero-order valence-corrected chi connectivity index (χ0v) is 21.2. The number of alkyl halides is 3. The number of aromatic nitrogens is 3. The van der Waals surface area contributed by atoms with Crippen molar-refractivity contribution >= 4 is 11.6 Å². The maximum atomic E-state index is 13.2. The molecule has 1 atom stereocenters. The second-order valence-electron chi connectivity index (χ2n) is 10.5. The Morgan fingerprint density at radius 3 is 2.53 bits per heavy atom. The van der Waals surface area contributed by atoms with Crippen molar-refractivity contribution in [1.82, 2.24) is 20.1 Å². The number of fused-ring (bicyclic) bond motifs is 1. The molecule has 3 aromatic rings. The van der Waals surface area contributed by atoms with Gasteiger partial charge < -0.3 is 15.0 Å². The number of pyridine rings is 1. The second kappa shape index (κ2) is 9.72. The minimum atomic E-state index is -4.48. The molecule has 1 saturated carbocycles. The Kier molecular flexibility index (Phi) is 6.37. The highest BCUT2D eigenvalue weighted by molar-refractivity contribution is 5.99. The Hall–Kier alpha value is -3.40. The van der Waals surface area contributed by atoms with E-state index in [-0.39, 0.29) is 23.7 Å². The van der Waals surface area contributed by atoms with Crippen LogP contribution in [-0.2, 0) is 17.4 Å². The Morgan fingerprint density at radius 2 is 1.84 bits per heavy atom. The number of nitrogens with one attached hydrogen (secondary N) is 1. The first-order valence-electron chi connectivity index (χ1n) is 13.2. The molecule has 7 nitrogen and oxygen atoms in total. The number of amides is 1. The van der Waals surface area contributed by atoms with Gasteiger partial charge in [-0.15, -0.1) is 0 Å². The van der Waals surface area contributed by atoms with Crippen molar-refractivity contribution in [2.75, 3.05) is 18.0 Å². The Morgan fingerprint density at radius 1 is 1.05 bits per heavy atom. The minimum Gasteiger partial charge on any atom is -0.438 e. The van der Waals surface area contributed by atoms with Crippen LogP contribution < -0.4 is 15.0 Å². The molecular weight excluding hydrogens is 495 g/mol. The summed E-state index contributed by atoms with van der Waals surface area (Å²) in [5.74, 6) is 0.771. The molecule has 2 aromatic heterocycles. The summed E-state index contributed by atoms with van der Waals surface area (Å²) >= 11 is 0. The van der Waals surface area contributed by atoms with Crippen LogP contribution in [0.4, 0.5) is 18.9 Å². The van der Waals surface area contributed by atoms with E-state index >= 15 is 0 Å². The number of anilines is 1. The van der Waals surface area contributed by atoms with Crippen LogP contribution in [0.5, 0.6) is 11.6 Å². The predicted molar refractivity (Wildman–Crippen MR) is 136 cm³/mol. The van der Waals surface area contributed by atoms with E-state index in [1.165, 1.54) is 6.07 Å². The number of hydrogen-bond acceptors (Lipinski definition) is 5. The number of hydrogen-bond donors (Lipinski definition) is 1. The topological polar surface area (TPSA) is 72.3 Å². The van der Waals surface area contributed by atoms with E-state index in [0.29, 0.717) is 18.2 Å². The summed E-state index contributed by atoms with van der Waals surface area (Å²) in [6, 6.07) is 6.46. The van der Waals surface area contributed by atoms with Crippen LogP contribution in [0.25, 0.3) is 11.1 Å². The van der Waals surface area contributed by atoms with E-state index in [1.807, 2.05) is 27.9 Å². The molecule has 1 aliphatic carbocycles. The number of carbonyl (C=O) groups excluding carboxylic acids is 1. The van der Waals surface area contributed by atoms with Crippen LogP contribution in [0.15, 0.2) is 42.9 Å². The van der Waals surface area contributed by atoms with Gasteiger partial charge in [0.1, 0.15) is 5.75 Å². The molecule has 0 bridgehead atoms. The fourth-order valence-corrected chi connectivity index (χ4v) is 5.47. The van der Waals surface area contributed by atoms with E-state index in [0.717, 1.165) is 79.8 Å². The lowest BCUT2D eigenvalue weighted by molar-refractivity contribution is -0.137. The molecule has 0 radical (unpaired) electrons. The summed E-state index contributed by atoms with van der Waals surface area (Å²) in [5.41, 5.74) is 2.47. The average Bonchev–Trinajstić information content (AvgIpc) is 3.65. The summed E-state index contributed by atoms with van der Waals surface area (Å²) in [6.07, 6.45) is 5.33. The van der Waals surface area contributed by atoms with Gasteiger partial charge in [-0.3, -0.25) is 9.48 Å². The molecule has 1 saturated heterocycles. The van der Waals surface area contributed by atoms with Gasteiger partial charge in [-0.25, -0.2) is 4.98 Å². The molecule has 1 aromatic carbocycles. The van der Waals surface area contributed by atoms with Crippen molar-refractivity contribution in [3.05, 3.63) is 54.0 Å². The van der Waals surface area contributed by atoms with Gasteiger partial charge in [0, 0.05) is 47.1 Å². The molecule has 10 heteroatoms. The van der Waals surface area contributed by atoms with E-state index in [4.69, 9.17) is 4.74 Å². The molecule has 1 amide bonds. The maximum absolute atomic E-state index is 13.2. The first-order valence-corrected chi connectivity index (χ1v) is 13.2. The van der Waals surface area contributed by atoms with E-state index in [9.17, 15) is 18.0 Å². The molecule has 0 spiro atoms. The third kappa shape index (κ3) is 4.77. The largest absolute Gasteiger partial charge is 0.438 e. The number of piperidine rings is 1. The summed E-state index contributed by atoms with van der Waals surface area (Å²) in [6.45, 7) is 3.93.